The van der Waals surface area contributed by atoms with Crippen LogP contribution in [0.3, 0.4) is 0 Å². The summed E-state index contributed by atoms with van der Waals surface area (Å²) in [6.45, 7) is 8.18. The summed E-state index contributed by atoms with van der Waals surface area (Å²) in [4.78, 5) is 0. The molecule has 0 fully saturated rings. The first kappa shape index (κ1) is 16.7. The summed E-state index contributed by atoms with van der Waals surface area (Å²) in [6, 6.07) is 7.94. The molecule has 0 N–H and O–H groups in total. The summed E-state index contributed by atoms with van der Waals surface area (Å²) in [7, 11) is 1.65. The molecule has 0 spiro atoms. The summed E-state index contributed by atoms with van der Waals surface area (Å²) >= 11 is 0. The van der Waals surface area contributed by atoms with Crippen LogP contribution in [-0.2, 0) is 14.2 Å². The molecule has 1 rings (SSSR count). The zero-order valence-electron chi connectivity index (χ0n) is 12.3. The number of benzene rings is 1. The molecule has 0 bridgehead atoms. The molecule has 112 valence electrons. The van der Waals surface area contributed by atoms with Crippen LogP contribution in [-0.4, -0.2) is 46.2 Å². The molecule has 0 amide bonds. The lowest BCUT2D eigenvalue weighted by Crippen LogP contribution is -2.28. The number of aryl methyl sites for hydroxylation is 1. The highest BCUT2D eigenvalue weighted by atomic mass is 16.6. The van der Waals surface area contributed by atoms with Gasteiger partial charge in [0.05, 0.1) is 26.4 Å². The molecule has 0 aliphatic carbocycles. The largest absolute Gasteiger partial charge is 0.491 e. The van der Waals surface area contributed by atoms with Crippen molar-refractivity contribution in [1.29, 1.82) is 0 Å². The molecule has 0 radical (unpaired) electrons. The molecule has 1 aromatic rings. The Kier molecular flexibility index (Phi) is 8.71. The summed E-state index contributed by atoms with van der Waals surface area (Å²) in [5.74, 6) is 0.833. The van der Waals surface area contributed by atoms with Crippen molar-refractivity contribution in [1.82, 2.24) is 0 Å². The minimum Gasteiger partial charge on any atom is -0.491 e. The van der Waals surface area contributed by atoms with Crippen molar-refractivity contribution in [2.45, 2.75) is 13.0 Å². The van der Waals surface area contributed by atoms with Crippen molar-refractivity contribution in [3.63, 3.8) is 0 Å². The first-order valence-corrected chi connectivity index (χ1v) is 6.75. The van der Waals surface area contributed by atoms with Gasteiger partial charge >= 0.3 is 0 Å². The van der Waals surface area contributed by atoms with E-state index in [1.54, 1.807) is 13.2 Å². The maximum atomic E-state index is 5.71. The standard InChI is InChI=1S/C16H24O4/c1-4-9-18-12-16(19-11-10-17-3)13-20-15-7-5-14(2)6-8-15/h4-8,16H,1,9-13H2,2-3H3. The van der Waals surface area contributed by atoms with Crippen LogP contribution >= 0.6 is 0 Å². The highest BCUT2D eigenvalue weighted by Crippen LogP contribution is 2.12. The molecular weight excluding hydrogens is 256 g/mol. The van der Waals surface area contributed by atoms with E-state index in [0.717, 1.165) is 5.75 Å². The Morgan fingerprint density at radius 2 is 1.90 bits per heavy atom. The van der Waals surface area contributed by atoms with E-state index in [-0.39, 0.29) is 6.10 Å². The Labute approximate surface area is 121 Å². The fourth-order valence-corrected chi connectivity index (χ4v) is 1.55. The fraction of sp³-hybridized carbons (Fsp3) is 0.500. The quantitative estimate of drug-likeness (QED) is 0.461. The number of ether oxygens (including phenoxy) is 4. The molecule has 0 aromatic heterocycles. The van der Waals surface area contributed by atoms with Gasteiger partial charge in [-0.1, -0.05) is 23.8 Å². The minimum absolute atomic E-state index is 0.119. The Morgan fingerprint density at radius 1 is 1.15 bits per heavy atom. The molecule has 4 heteroatoms. The monoisotopic (exact) mass is 280 g/mol. The third-order valence-electron chi connectivity index (χ3n) is 2.64. The SMILES string of the molecule is C=CCOCC(COc1ccc(C)cc1)OCCOC. The average Bonchev–Trinajstić information content (AvgIpc) is 2.46. The van der Waals surface area contributed by atoms with Gasteiger partial charge in [0.1, 0.15) is 18.5 Å². The Balaban J connectivity index is 2.37. The van der Waals surface area contributed by atoms with Crippen molar-refractivity contribution < 1.29 is 18.9 Å². The maximum Gasteiger partial charge on any atom is 0.119 e. The third-order valence-corrected chi connectivity index (χ3v) is 2.64. The summed E-state index contributed by atoms with van der Waals surface area (Å²) in [6.07, 6.45) is 1.60. The molecule has 4 nitrogen and oxygen atoms in total. The lowest BCUT2D eigenvalue weighted by atomic mass is 10.2. The van der Waals surface area contributed by atoms with E-state index in [2.05, 4.69) is 6.58 Å². The lowest BCUT2D eigenvalue weighted by Gasteiger charge is -2.18. The predicted molar refractivity (Wildman–Crippen MR) is 79.3 cm³/mol. The molecule has 1 aromatic carbocycles. The normalized spacial score (nSPS) is 12.1. The Morgan fingerprint density at radius 3 is 2.55 bits per heavy atom. The molecule has 0 aliphatic heterocycles. The first-order valence-electron chi connectivity index (χ1n) is 6.75. The number of methoxy groups -OCH3 is 1. The second kappa shape index (κ2) is 10.4. The highest BCUT2D eigenvalue weighted by Gasteiger charge is 2.10. The molecule has 20 heavy (non-hydrogen) atoms. The smallest absolute Gasteiger partial charge is 0.119 e. The van der Waals surface area contributed by atoms with E-state index < -0.39 is 0 Å². The highest BCUT2D eigenvalue weighted by molar-refractivity contribution is 5.26. The van der Waals surface area contributed by atoms with E-state index in [4.69, 9.17) is 18.9 Å². The van der Waals surface area contributed by atoms with E-state index in [9.17, 15) is 0 Å². The topological polar surface area (TPSA) is 36.9 Å². The molecule has 0 heterocycles. The lowest BCUT2D eigenvalue weighted by molar-refractivity contribution is -0.0461. The van der Waals surface area contributed by atoms with Gasteiger partial charge in [-0.3, -0.25) is 0 Å². The van der Waals surface area contributed by atoms with Crippen LogP contribution in [0.1, 0.15) is 5.56 Å². The Hall–Kier alpha value is -1.36. The van der Waals surface area contributed by atoms with Gasteiger partial charge < -0.3 is 18.9 Å². The number of rotatable bonds is 11. The van der Waals surface area contributed by atoms with E-state index >= 15 is 0 Å². The van der Waals surface area contributed by atoms with Crippen LogP contribution in [0.5, 0.6) is 5.75 Å². The zero-order valence-corrected chi connectivity index (χ0v) is 12.3. The third kappa shape index (κ3) is 7.28. The van der Waals surface area contributed by atoms with Gasteiger partial charge in [0.25, 0.3) is 0 Å². The van der Waals surface area contributed by atoms with Gasteiger partial charge in [-0.05, 0) is 19.1 Å². The van der Waals surface area contributed by atoms with Crippen molar-refractivity contribution in [3.05, 3.63) is 42.5 Å². The van der Waals surface area contributed by atoms with Gasteiger partial charge in [0, 0.05) is 7.11 Å². The zero-order chi connectivity index (χ0) is 14.6. The number of hydrogen-bond donors (Lipinski definition) is 0. The van der Waals surface area contributed by atoms with Crippen LogP contribution in [0.2, 0.25) is 0 Å². The van der Waals surface area contributed by atoms with Crippen molar-refractivity contribution >= 4 is 0 Å². The van der Waals surface area contributed by atoms with Crippen LogP contribution in [0, 0.1) is 6.92 Å². The molecule has 1 atom stereocenters. The Bertz CT molecular complexity index is 361. The molecule has 1 unspecified atom stereocenters. The van der Waals surface area contributed by atoms with E-state index in [1.165, 1.54) is 5.56 Å². The van der Waals surface area contributed by atoms with Gasteiger partial charge in [-0.15, -0.1) is 6.58 Å². The van der Waals surface area contributed by atoms with E-state index in [0.29, 0.717) is 33.0 Å². The van der Waals surface area contributed by atoms with Crippen LogP contribution in [0.15, 0.2) is 36.9 Å². The summed E-state index contributed by atoms with van der Waals surface area (Å²) < 4.78 is 21.8. The van der Waals surface area contributed by atoms with Crippen LogP contribution in [0.4, 0.5) is 0 Å². The summed E-state index contributed by atoms with van der Waals surface area (Å²) in [5, 5.41) is 0. The number of hydrogen-bond acceptors (Lipinski definition) is 4. The van der Waals surface area contributed by atoms with Crippen molar-refractivity contribution in [2.24, 2.45) is 0 Å². The van der Waals surface area contributed by atoms with Gasteiger partial charge in [-0.25, -0.2) is 0 Å². The molecular formula is C16H24O4. The second-order valence-corrected chi connectivity index (χ2v) is 4.44. The second-order valence-electron chi connectivity index (χ2n) is 4.44. The van der Waals surface area contributed by atoms with Gasteiger partial charge in [0.2, 0.25) is 0 Å². The molecule has 0 saturated carbocycles. The molecule has 0 aliphatic rings. The summed E-state index contributed by atoms with van der Waals surface area (Å²) in [5.41, 5.74) is 1.21. The van der Waals surface area contributed by atoms with Gasteiger partial charge in [0.15, 0.2) is 0 Å². The van der Waals surface area contributed by atoms with Gasteiger partial charge in [-0.2, -0.15) is 0 Å². The maximum absolute atomic E-state index is 5.71. The van der Waals surface area contributed by atoms with Crippen molar-refractivity contribution in [3.8, 4) is 5.75 Å². The minimum atomic E-state index is -0.119. The van der Waals surface area contributed by atoms with Crippen LogP contribution < -0.4 is 4.74 Å². The average molecular weight is 280 g/mol. The molecule has 0 saturated heterocycles. The fourth-order valence-electron chi connectivity index (χ4n) is 1.55. The van der Waals surface area contributed by atoms with Crippen molar-refractivity contribution in [2.75, 3.05) is 40.1 Å². The first-order chi connectivity index (χ1) is 9.76. The van der Waals surface area contributed by atoms with Crippen LogP contribution in [0.25, 0.3) is 0 Å². The predicted octanol–water partition coefficient (Wildman–Crippen LogP) is 2.61. The van der Waals surface area contributed by atoms with E-state index in [1.807, 2.05) is 31.2 Å².